The summed E-state index contributed by atoms with van der Waals surface area (Å²) in [6.07, 6.45) is 3.46. The van der Waals surface area contributed by atoms with E-state index in [4.69, 9.17) is 4.74 Å². The van der Waals surface area contributed by atoms with Crippen LogP contribution in [0, 0.1) is 0 Å². The lowest BCUT2D eigenvalue weighted by Crippen LogP contribution is -2.46. The second-order valence-electron chi connectivity index (χ2n) is 7.82. The number of aromatic nitrogens is 3. The zero-order valence-electron chi connectivity index (χ0n) is 18.0. The molecule has 0 atom stereocenters. The number of methoxy groups -OCH3 is 1. The SMILES string of the molecule is CCn1c(SCC(=O)NCC2(c3ccccc3)CCC2)nnc1-c1ccccc1OC. The summed E-state index contributed by atoms with van der Waals surface area (Å²) in [4.78, 5) is 12.6. The highest BCUT2D eigenvalue weighted by molar-refractivity contribution is 7.99. The van der Waals surface area contributed by atoms with Gasteiger partial charge in [0.1, 0.15) is 5.75 Å². The summed E-state index contributed by atoms with van der Waals surface area (Å²) in [5.41, 5.74) is 2.30. The monoisotopic (exact) mass is 436 g/mol. The highest BCUT2D eigenvalue weighted by Crippen LogP contribution is 2.43. The molecule has 1 heterocycles. The van der Waals surface area contributed by atoms with Crippen LogP contribution in [0.3, 0.4) is 0 Å². The molecule has 0 bridgehead atoms. The summed E-state index contributed by atoms with van der Waals surface area (Å²) in [6.45, 7) is 3.44. The number of nitrogens with zero attached hydrogens (tertiary/aromatic N) is 3. The highest BCUT2D eigenvalue weighted by atomic mass is 32.2. The molecule has 0 aliphatic heterocycles. The molecule has 1 aliphatic carbocycles. The van der Waals surface area contributed by atoms with E-state index in [0.29, 0.717) is 18.8 Å². The van der Waals surface area contributed by atoms with Gasteiger partial charge in [0.05, 0.1) is 18.4 Å². The van der Waals surface area contributed by atoms with Gasteiger partial charge in [0.2, 0.25) is 5.91 Å². The molecule has 1 saturated carbocycles. The van der Waals surface area contributed by atoms with E-state index in [0.717, 1.165) is 35.1 Å². The van der Waals surface area contributed by atoms with E-state index < -0.39 is 0 Å². The minimum atomic E-state index is 0.0247. The van der Waals surface area contributed by atoms with Crippen molar-refractivity contribution in [3.05, 3.63) is 60.2 Å². The van der Waals surface area contributed by atoms with Crippen LogP contribution in [0.15, 0.2) is 59.8 Å². The Bertz CT molecular complexity index is 1030. The van der Waals surface area contributed by atoms with E-state index in [1.54, 1.807) is 7.11 Å². The zero-order valence-corrected chi connectivity index (χ0v) is 18.8. The van der Waals surface area contributed by atoms with Gasteiger partial charge in [0.15, 0.2) is 11.0 Å². The molecule has 3 aromatic rings. The fourth-order valence-electron chi connectivity index (χ4n) is 4.12. The lowest BCUT2D eigenvalue weighted by Gasteiger charge is -2.42. The fraction of sp³-hybridized carbons (Fsp3) is 0.375. The molecule has 0 saturated heterocycles. The van der Waals surface area contributed by atoms with E-state index in [2.05, 4.69) is 39.8 Å². The van der Waals surface area contributed by atoms with Crippen LogP contribution in [0.2, 0.25) is 0 Å². The first kappa shape index (κ1) is 21.4. The van der Waals surface area contributed by atoms with Crippen molar-refractivity contribution < 1.29 is 9.53 Å². The van der Waals surface area contributed by atoms with Crippen LogP contribution in [-0.4, -0.2) is 40.1 Å². The molecule has 0 spiro atoms. The van der Waals surface area contributed by atoms with Crippen LogP contribution >= 0.6 is 11.8 Å². The van der Waals surface area contributed by atoms with Crippen molar-refractivity contribution in [3.8, 4) is 17.1 Å². The molecule has 0 radical (unpaired) electrons. The number of thioether (sulfide) groups is 1. The quantitative estimate of drug-likeness (QED) is 0.507. The van der Waals surface area contributed by atoms with Crippen LogP contribution in [0.25, 0.3) is 11.4 Å². The van der Waals surface area contributed by atoms with Gasteiger partial charge < -0.3 is 14.6 Å². The molecule has 31 heavy (non-hydrogen) atoms. The lowest BCUT2D eigenvalue weighted by molar-refractivity contribution is -0.119. The van der Waals surface area contributed by atoms with Crippen molar-refractivity contribution in [3.63, 3.8) is 0 Å². The molecular weight excluding hydrogens is 408 g/mol. The minimum absolute atomic E-state index is 0.0247. The van der Waals surface area contributed by atoms with Crippen molar-refractivity contribution in [1.29, 1.82) is 0 Å². The number of amides is 1. The van der Waals surface area contributed by atoms with Crippen LogP contribution in [0.5, 0.6) is 5.75 Å². The number of para-hydroxylation sites is 1. The maximum absolute atomic E-state index is 12.6. The topological polar surface area (TPSA) is 69.0 Å². The number of benzene rings is 2. The van der Waals surface area contributed by atoms with Gasteiger partial charge in [-0.25, -0.2) is 0 Å². The van der Waals surface area contributed by atoms with Crippen LogP contribution in [-0.2, 0) is 16.8 Å². The van der Waals surface area contributed by atoms with Crippen LogP contribution in [0.1, 0.15) is 31.7 Å². The van der Waals surface area contributed by atoms with Gasteiger partial charge in [-0.15, -0.1) is 10.2 Å². The second-order valence-corrected chi connectivity index (χ2v) is 8.76. The fourth-order valence-corrected chi connectivity index (χ4v) is 4.95. The Kier molecular flexibility index (Phi) is 6.61. The number of ether oxygens (including phenoxy) is 1. The van der Waals surface area contributed by atoms with Crippen molar-refractivity contribution >= 4 is 17.7 Å². The van der Waals surface area contributed by atoms with Gasteiger partial charge in [-0.3, -0.25) is 4.79 Å². The number of rotatable bonds is 9. The third-order valence-corrected chi connectivity index (χ3v) is 7.00. The normalized spacial score (nSPS) is 14.6. The number of carbonyl (C=O) groups is 1. The molecular formula is C24H28N4O2S. The van der Waals surface area contributed by atoms with Gasteiger partial charge in [-0.05, 0) is 37.5 Å². The Balaban J connectivity index is 1.39. The van der Waals surface area contributed by atoms with Crippen molar-refractivity contribution in [2.75, 3.05) is 19.4 Å². The van der Waals surface area contributed by atoms with E-state index in [9.17, 15) is 4.79 Å². The Morgan fingerprint density at radius 1 is 1.13 bits per heavy atom. The summed E-state index contributed by atoms with van der Waals surface area (Å²) in [5, 5.41) is 12.6. The summed E-state index contributed by atoms with van der Waals surface area (Å²) >= 11 is 1.42. The first-order chi connectivity index (χ1) is 15.2. The standard InChI is InChI=1S/C24H28N4O2S/c1-3-28-22(19-12-7-8-13-20(19)30-2)26-27-23(28)31-16-21(29)25-17-24(14-9-15-24)18-10-5-4-6-11-18/h4-8,10-13H,3,9,14-17H2,1-2H3,(H,25,29). The summed E-state index contributed by atoms with van der Waals surface area (Å²) in [5.74, 6) is 1.84. The molecule has 0 unspecified atom stereocenters. The van der Waals surface area contributed by atoms with E-state index in [1.807, 2.05) is 41.8 Å². The van der Waals surface area contributed by atoms with Gasteiger partial charge in [-0.2, -0.15) is 0 Å². The van der Waals surface area contributed by atoms with Crippen molar-refractivity contribution in [2.24, 2.45) is 0 Å². The number of nitrogens with one attached hydrogen (secondary N) is 1. The summed E-state index contributed by atoms with van der Waals surface area (Å²) in [7, 11) is 1.65. The lowest BCUT2D eigenvalue weighted by atomic mass is 9.64. The summed E-state index contributed by atoms with van der Waals surface area (Å²) in [6, 6.07) is 18.3. The van der Waals surface area contributed by atoms with Crippen LogP contribution < -0.4 is 10.1 Å². The van der Waals surface area contributed by atoms with E-state index >= 15 is 0 Å². The predicted octanol–water partition coefficient (Wildman–Crippen LogP) is 4.30. The molecule has 1 aromatic heterocycles. The van der Waals surface area contributed by atoms with Gasteiger partial charge in [0, 0.05) is 18.5 Å². The Hall–Kier alpha value is -2.80. The van der Waals surface area contributed by atoms with E-state index in [1.165, 1.54) is 23.7 Å². The molecule has 1 aliphatic rings. The molecule has 4 rings (SSSR count). The zero-order chi connectivity index (χ0) is 21.7. The highest BCUT2D eigenvalue weighted by Gasteiger charge is 2.38. The second kappa shape index (κ2) is 9.56. The van der Waals surface area contributed by atoms with Crippen molar-refractivity contribution in [2.45, 2.75) is 43.3 Å². The van der Waals surface area contributed by atoms with Gasteiger partial charge >= 0.3 is 0 Å². The van der Waals surface area contributed by atoms with Crippen molar-refractivity contribution in [1.82, 2.24) is 20.1 Å². The average molecular weight is 437 g/mol. The van der Waals surface area contributed by atoms with E-state index in [-0.39, 0.29) is 11.3 Å². The molecule has 1 N–H and O–H groups in total. The molecule has 6 nitrogen and oxygen atoms in total. The van der Waals surface area contributed by atoms with Gasteiger partial charge in [-0.1, -0.05) is 60.6 Å². The van der Waals surface area contributed by atoms with Gasteiger partial charge in [0.25, 0.3) is 0 Å². The smallest absolute Gasteiger partial charge is 0.230 e. The minimum Gasteiger partial charge on any atom is -0.496 e. The largest absolute Gasteiger partial charge is 0.496 e. The number of hydrogen-bond acceptors (Lipinski definition) is 5. The molecule has 1 fully saturated rings. The number of carbonyl (C=O) groups excluding carboxylic acids is 1. The summed E-state index contributed by atoms with van der Waals surface area (Å²) < 4.78 is 7.49. The first-order valence-electron chi connectivity index (χ1n) is 10.7. The predicted molar refractivity (Wildman–Crippen MR) is 123 cm³/mol. The average Bonchev–Trinajstić information content (AvgIpc) is 3.20. The number of hydrogen-bond donors (Lipinski definition) is 1. The molecule has 7 heteroatoms. The molecule has 1 amide bonds. The Morgan fingerprint density at radius 3 is 2.55 bits per heavy atom. The maximum Gasteiger partial charge on any atom is 0.230 e. The third kappa shape index (κ3) is 4.46. The Labute approximate surface area is 187 Å². The van der Waals surface area contributed by atoms with Crippen LogP contribution in [0.4, 0.5) is 0 Å². The first-order valence-corrected chi connectivity index (χ1v) is 11.7. The Morgan fingerprint density at radius 2 is 1.87 bits per heavy atom. The maximum atomic E-state index is 12.6. The molecule has 2 aromatic carbocycles. The third-order valence-electron chi connectivity index (χ3n) is 6.03. The molecule has 162 valence electrons.